The van der Waals surface area contributed by atoms with Gasteiger partial charge in [0.05, 0.1) is 10.5 Å². The average Bonchev–Trinajstić information content (AvgIpc) is 2.77. The van der Waals surface area contributed by atoms with Crippen LogP contribution in [0.4, 0.5) is 13.2 Å². The molecule has 0 saturated carbocycles. The number of nitrogens with zero attached hydrogens (tertiary/aromatic N) is 1. The third-order valence-corrected chi connectivity index (χ3v) is 7.07. The van der Waals surface area contributed by atoms with Crippen molar-refractivity contribution in [2.24, 2.45) is 5.92 Å². The molecule has 0 atom stereocenters. The second-order valence-electron chi connectivity index (χ2n) is 7.36. The van der Waals surface area contributed by atoms with Crippen LogP contribution in [-0.2, 0) is 21.0 Å². The Kier molecular flexibility index (Phi) is 7.17. The van der Waals surface area contributed by atoms with E-state index in [2.05, 4.69) is 5.32 Å². The number of nitrogens with one attached hydrogen (secondary N) is 1. The van der Waals surface area contributed by atoms with Crippen molar-refractivity contribution >= 4 is 22.0 Å². The van der Waals surface area contributed by atoms with Gasteiger partial charge in [0.1, 0.15) is 0 Å². The van der Waals surface area contributed by atoms with Crippen molar-refractivity contribution < 1.29 is 26.4 Å². The van der Waals surface area contributed by atoms with Crippen LogP contribution in [0.25, 0.3) is 6.08 Å². The maximum atomic E-state index is 12.7. The van der Waals surface area contributed by atoms with Gasteiger partial charge in [0.2, 0.25) is 15.9 Å². The minimum Gasteiger partial charge on any atom is -0.352 e. The fraction of sp³-hybridized carbons (Fsp3) is 0.318. The minimum absolute atomic E-state index is 0.133. The van der Waals surface area contributed by atoms with Gasteiger partial charge < -0.3 is 5.32 Å². The molecule has 1 fully saturated rings. The van der Waals surface area contributed by atoms with Crippen molar-refractivity contribution in [2.45, 2.75) is 23.9 Å². The number of halogens is 3. The second-order valence-corrected chi connectivity index (χ2v) is 9.30. The fourth-order valence-corrected chi connectivity index (χ4v) is 4.88. The molecular weight excluding hydrogens is 429 g/mol. The molecule has 3 rings (SSSR count). The molecular formula is C22H23F3N2O3S. The number of carbonyl (C=O) groups is 1. The summed E-state index contributed by atoms with van der Waals surface area (Å²) in [6.07, 6.45) is -0.674. The number of carbonyl (C=O) groups excluding carboxylic acids is 1. The Balaban J connectivity index is 1.48. The Labute approximate surface area is 179 Å². The highest BCUT2D eigenvalue weighted by Crippen LogP contribution is 2.29. The third kappa shape index (κ3) is 6.18. The molecule has 1 heterocycles. The molecule has 2 aromatic carbocycles. The summed E-state index contributed by atoms with van der Waals surface area (Å²) in [5, 5.41) is 2.74. The van der Waals surface area contributed by atoms with Crippen LogP contribution < -0.4 is 5.32 Å². The highest BCUT2D eigenvalue weighted by atomic mass is 32.2. The highest BCUT2D eigenvalue weighted by Gasteiger charge is 2.30. The molecule has 1 N–H and O–H groups in total. The van der Waals surface area contributed by atoms with Gasteiger partial charge in [-0.15, -0.1) is 0 Å². The number of alkyl halides is 3. The van der Waals surface area contributed by atoms with E-state index in [1.807, 2.05) is 0 Å². The Morgan fingerprint density at radius 3 is 2.39 bits per heavy atom. The lowest BCUT2D eigenvalue weighted by Crippen LogP contribution is -2.41. The molecule has 5 nitrogen and oxygen atoms in total. The number of hydrogen-bond donors (Lipinski definition) is 1. The molecule has 0 spiro atoms. The summed E-state index contributed by atoms with van der Waals surface area (Å²) in [4.78, 5) is 12.3. The van der Waals surface area contributed by atoms with Gasteiger partial charge in [-0.05, 0) is 54.7 Å². The standard InChI is InChI=1S/C22H23F3N2O3S/c23-22(24,25)19-6-4-5-17(15-19)9-10-21(28)26-16-18-11-13-27(14-12-18)31(29,30)20-7-2-1-3-8-20/h1-10,15,18H,11-14,16H2,(H,26,28)/b10-9+. The summed E-state index contributed by atoms with van der Waals surface area (Å²) >= 11 is 0. The molecule has 2 aromatic rings. The van der Waals surface area contributed by atoms with Gasteiger partial charge in [0, 0.05) is 25.7 Å². The normalized spacial score (nSPS) is 16.5. The number of amides is 1. The Morgan fingerprint density at radius 2 is 1.74 bits per heavy atom. The minimum atomic E-state index is -4.44. The van der Waals surface area contributed by atoms with Crippen molar-refractivity contribution in [3.8, 4) is 0 Å². The van der Waals surface area contributed by atoms with Gasteiger partial charge in [-0.25, -0.2) is 8.42 Å². The van der Waals surface area contributed by atoms with E-state index in [1.54, 1.807) is 30.3 Å². The molecule has 1 aliphatic rings. The van der Waals surface area contributed by atoms with Gasteiger partial charge in [-0.2, -0.15) is 17.5 Å². The van der Waals surface area contributed by atoms with Crippen LogP contribution in [0.5, 0.6) is 0 Å². The zero-order chi connectivity index (χ0) is 22.5. The quantitative estimate of drug-likeness (QED) is 0.676. The average molecular weight is 452 g/mol. The van der Waals surface area contributed by atoms with E-state index < -0.39 is 27.7 Å². The molecule has 1 aliphatic heterocycles. The van der Waals surface area contributed by atoms with Crippen LogP contribution in [-0.4, -0.2) is 38.3 Å². The molecule has 1 saturated heterocycles. The summed E-state index contributed by atoms with van der Waals surface area (Å²) in [6, 6.07) is 13.0. The first-order valence-corrected chi connectivity index (χ1v) is 11.3. The van der Waals surface area contributed by atoms with Crippen LogP contribution in [0.3, 0.4) is 0 Å². The predicted molar refractivity (Wildman–Crippen MR) is 111 cm³/mol. The van der Waals surface area contributed by atoms with Gasteiger partial charge in [-0.3, -0.25) is 4.79 Å². The molecule has 1 amide bonds. The highest BCUT2D eigenvalue weighted by molar-refractivity contribution is 7.89. The first kappa shape index (κ1) is 23.0. The van der Waals surface area contributed by atoms with Gasteiger partial charge >= 0.3 is 6.18 Å². The van der Waals surface area contributed by atoms with E-state index in [0.29, 0.717) is 32.5 Å². The largest absolute Gasteiger partial charge is 0.416 e. The lowest BCUT2D eigenvalue weighted by Gasteiger charge is -2.31. The predicted octanol–water partition coefficient (Wildman–Crippen LogP) is 3.94. The molecule has 166 valence electrons. The van der Waals surface area contributed by atoms with E-state index in [4.69, 9.17) is 0 Å². The van der Waals surface area contributed by atoms with Crippen LogP contribution >= 0.6 is 0 Å². The van der Waals surface area contributed by atoms with Crippen LogP contribution in [0.2, 0.25) is 0 Å². The van der Waals surface area contributed by atoms with Gasteiger partial charge in [-0.1, -0.05) is 30.3 Å². The van der Waals surface area contributed by atoms with Crippen LogP contribution in [0.15, 0.2) is 65.6 Å². The number of benzene rings is 2. The maximum absolute atomic E-state index is 12.7. The summed E-state index contributed by atoms with van der Waals surface area (Å²) < 4.78 is 65.0. The summed E-state index contributed by atoms with van der Waals surface area (Å²) in [7, 11) is -3.52. The van der Waals surface area contributed by atoms with Crippen molar-refractivity contribution in [1.82, 2.24) is 9.62 Å². The molecule has 0 aliphatic carbocycles. The number of sulfonamides is 1. The third-order valence-electron chi connectivity index (χ3n) is 5.16. The topological polar surface area (TPSA) is 66.5 Å². The molecule has 0 radical (unpaired) electrons. The summed E-state index contributed by atoms with van der Waals surface area (Å²) in [6.45, 7) is 1.13. The second kappa shape index (κ2) is 9.65. The van der Waals surface area contributed by atoms with Gasteiger partial charge in [0.25, 0.3) is 0 Å². The van der Waals surface area contributed by atoms with Crippen LogP contribution in [0, 0.1) is 5.92 Å². The lowest BCUT2D eigenvalue weighted by molar-refractivity contribution is -0.137. The molecule has 0 unspecified atom stereocenters. The molecule has 31 heavy (non-hydrogen) atoms. The Bertz CT molecular complexity index is 1030. The van der Waals surface area contributed by atoms with E-state index >= 15 is 0 Å². The van der Waals surface area contributed by atoms with Crippen molar-refractivity contribution in [1.29, 1.82) is 0 Å². The van der Waals surface area contributed by atoms with Crippen molar-refractivity contribution in [3.63, 3.8) is 0 Å². The first-order chi connectivity index (χ1) is 14.7. The molecule has 0 bridgehead atoms. The van der Waals surface area contributed by atoms with Crippen molar-refractivity contribution in [3.05, 3.63) is 71.8 Å². The number of rotatable bonds is 6. The molecule has 0 aromatic heterocycles. The maximum Gasteiger partial charge on any atom is 0.416 e. The number of hydrogen-bond acceptors (Lipinski definition) is 3. The smallest absolute Gasteiger partial charge is 0.352 e. The Morgan fingerprint density at radius 1 is 1.06 bits per heavy atom. The van der Waals surface area contributed by atoms with E-state index in [-0.39, 0.29) is 16.4 Å². The SMILES string of the molecule is O=C(/C=C/c1cccc(C(F)(F)F)c1)NCC1CCN(S(=O)(=O)c2ccccc2)CC1. The molecule has 9 heteroatoms. The zero-order valence-electron chi connectivity index (χ0n) is 16.7. The first-order valence-electron chi connectivity index (χ1n) is 9.84. The number of piperidine rings is 1. The summed E-state index contributed by atoms with van der Waals surface area (Å²) in [5.41, 5.74) is -0.489. The fourth-order valence-electron chi connectivity index (χ4n) is 3.39. The Hall–Kier alpha value is -2.65. The van der Waals surface area contributed by atoms with Gasteiger partial charge in [0.15, 0.2) is 0 Å². The van der Waals surface area contributed by atoms with Crippen LogP contribution in [0.1, 0.15) is 24.0 Å². The van der Waals surface area contributed by atoms with E-state index in [9.17, 15) is 26.4 Å². The van der Waals surface area contributed by atoms with E-state index in [1.165, 1.54) is 28.6 Å². The monoisotopic (exact) mass is 452 g/mol. The van der Waals surface area contributed by atoms with E-state index in [0.717, 1.165) is 12.1 Å². The van der Waals surface area contributed by atoms with Crippen molar-refractivity contribution in [2.75, 3.05) is 19.6 Å². The lowest BCUT2D eigenvalue weighted by atomic mass is 9.98. The zero-order valence-corrected chi connectivity index (χ0v) is 17.5. The summed E-state index contributed by atoms with van der Waals surface area (Å²) in [5.74, 6) is -0.273.